The molecule has 0 aromatic rings. The zero-order valence-corrected chi connectivity index (χ0v) is 11.2. The Morgan fingerprint density at radius 2 is 0.958 bits per heavy atom. The Hall–Kier alpha value is -0.880. The normalized spacial score (nSPS) is 48.2. The molecule has 0 N–H and O–H groups in total. The van der Waals surface area contributed by atoms with Gasteiger partial charge >= 0.3 is 12.1 Å². The molecule has 0 bridgehead atoms. The number of alkyl halides is 12. The van der Waals surface area contributed by atoms with Crippen LogP contribution in [0.4, 0.5) is 52.7 Å². The zero-order chi connectivity index (χ0) is 18.8. The summed E-state index contributed by atoms with van der Waals surface area (Å²) < 4.78 is 159. The summed E-state index contributed by atoms with van der Waals surface area (Å²) in [7, 11) is 0. The summed E-state index contributed by atoms with van der Waals surface area (Å²) in [6.45, 7) is 0. The smallest absolute Gasteiger partial charge is 0.250 e. The summed E-state index contributed by atoms with van der Waals surface area (Å²) in [4.78, 5) is -1.11. The summed E-state index contributed by atoms with van der Waals surface area (Å²) in [6, 6.07) is -7.27. The molecule has 0 saturated carbocycles. The maximum Gasteiger partial charge on any atom is 0.455 e. The second-order valence-corrected chi connectivity index (χ2v) is 5.54. The van der Waals surface area contributed by atoms with Crippen LogP contribution in [0.2, 0.25) is 0 Å². The van der Waals surface area contributed by atoms with Crippen molar-refractivity contribution in [1.29, 1.82) is 0 Å². The topological polar surface area (TPSA) is 3.24 Å². The second kappa shape index (κ2) is 5.84. The molecule has 2 aliphatic heterocycles. The fraction of sp³-hybridized carbons (Fsp3) is 1.00. The Morgan fingerprint density at radius 3 is 1.38 bits per heavy atom. The highest BCUT2D eigenvalue weighted by Gasteiger charge is 2.74. The first-order valence-electron chi connectivity index (χ1n) is 6.45. The molecule has 9 unspecified atom stereocenters. The van der Waals surface area contributed by atoms with E-state index in [1.165, 1.54) is 0 Å². The van der Waals surface area contributed by atoms with Crippen LogP contribution in [-0.2, 0) is 0 Å². The number of piperidine rings is 2. The van der Waals surface area contributed by atoms with Crippen molar-refractivity contribution in [2.75, 3.05) is 0 Å². The van der Waals surface area contributed by atoms with Crippen molar-refractivity contribution in [3.05, 3.63) is 0 Å². The van der Waals surface area contributed by atoms with Crippen LogP contribution < -0.4 is 0 Å². The molecule has 0 aromatic heterocycles. The van der Waals surface area contributed by atoms with E-state index >= 15 is 0 Å². The van der Waals surface area contributed by atoms with Crippen LogP contribution in [0, 0.1) is 0 Å². The molecule has 1 nitrogen and oxygen atoms in total. The van der Waals surface area contributed by atoms with Crippen LogP contribution >= 0.6 is 0 Å². The van der Waals surface area contributed by atoms with Gasteiger partial charge in [-0.2, -0.15) is 22.0 Å². The van der Waals surface area contributed by atoms with Crippen molar-refractivity contribution < 1.29 is 52.7 Å². The summed E-state index contributed by atoms with van der Waals surface area (Å²) in [6.07, 6.45) is -31.9. The molecule has 2 aliphatic rings. The summed E-state index contributed by atoms with van der Waals surface area (Å²) in [5.74, 6) is -6.18. The summed E-state index contributed by atoms with van der Waals surface area (Å²) >= 11 is 0. The molecule has 13 heteroatoms. The van der Waals surface area contributed by atoms with Gasteiger partial charge in [-0.1, -0.05) is 0 Å². The molecular weight excluding hydrogens is 374 g/mol. The van der Waals surface area contributed by atoms with Gasteiger partial charge in [0.2, 0.25) is 0 Å². The standard InChI is InChI=1S/C11H9F12N/c12-1-3(14)7-4(15)2(13)6(17)9(18)24(7)8(5(1)16)10(19,20)11(21,22)23/h1-9H. The third-order valence-corrected chi connectivity index (χ3v) is 4.13. The highest BCUT2D eigenvalue weighted by atomic mass is 19.4. The monoisotopic (exact) mass is 383 g/mol. The minimum atomic E-state index is -6.56. The molecule has 142 valence electrons. The van der Waals surface area contributed by atoms with Gasteiger partial charge in [0, 0.05) is 0 Å². The lowest BCUT2D eigenvalue weighted by molar-refractivity contribution is -0.337. The maximum absolute atomic E-state index is 13.8. The predicted octanol–water partition coefficient (Wildman–Crippen LogP) is 3.57. The number of hydrogen-bond donors (Lipinski definition) is 0. The molecule has 0 amide bonds. The van der Waals surface area contributed by atoms with E-state index in [9.17, 15) is 52.7 Å². The molecular formula is C11H9F12N. The predicted molar refractivity (Wildman–Crippen MR) is 54.7 cm³/mol. The molecule has 9 atom stereocenters. The van der Waals surface area contributed by atoms with E-state index in [0.29, 0.717) is 0 Å². The Morgan fingerprint density at radius 1 is 0.542 bits per heavy atom. The molecule has 2 heterocycles. The van der Waals surface area contributed by atoms with Gasteiger partial charge in [0.15, 0.2) is 43.3 Å². The van der Waals surface area contributed by atoms with Crippen LogP contribution in [0.15, 0.2) is 0 Å². The van der Waals surface area contributed by atoms with E-state index in [1.807, 2.05) is 0 Å². The first kappa shape index (κ1) is 19.4. The Balaban J connectivity index is 2.57. The van der Waals surface area contributed by atoms with E-state index in [2.05, 4.69) is 0 Å². The van der Waals surface area contributed by atoms with E-state index in [0.717, 1.165) is 0 Å². The Bertz CT molecular complexity index is 464. The van der Waals surface area contributed by atoms with Gasteiger partial charge in [-0.25, -0.2) is 30.7 Å². The average Bonchev–Trinajstić information content (AvgIpc) is 2.46. The molecule has 0 spiro atoms. The van der Waals surface area contributed by atoms with Gasteiger partial charge in [0.05, 0.1) is 6.04 Å². The number of halogens is 12. The number of nitrogens with zero attached hydrogens (tertiary/aromatic N) is 1. The van der Waals surface area contributed by atoms with Gasteiger partial charge in [-0.3, -0.25) is 4.90 Å². The molecule has 2 rings (SSSR count). The second-order valence-electron chi connectivity index (χ2n) is 5.54. The average molecular weight is 383 g/mol. The van der Waals surface area contributed by atoms with Gasteiger partial charge in [-0.05, 0) is 0 Å². The number of hydrogen-bond acceptors (Lipinski definition) is 1. The number of rotatable bonds is 1. The number of fused-ring (bicyclic) bond motifs is 1. The van der Waals surface area contributed by atoms with Crippen molar-refractivity contribution in [2.45, 2.75) is 67.5 Å². The maximum atomic E-state index is 13.8. The van der Waals surface area contributed by atoms with Crippen LogP contribution in [-0.4, -0.2) is 72.4 Å². The van der Waals surface area contributed by atoms with Crippen LogP contribution in [0.3, 0.4) is 0 Å². The first-order valence-corrected chi connectivity index (χ1v) is 6.45. The zero-order valence-electron chi connectivity index (χ0n) is 11.2. The SMILES string of the molecule is FC1C(F)C(F)N2C(C1F)C(F)C(F)C(F)C2C(F)(F)C(F)(F)F. The lowest BCUT2D eigenvalue weighted by Crippen LogP contribution is -2.77. The third-order valence-electron chi connectivity index (χ3n) is 4.13. The Kier molecular flexibility index (Phi) is 4.73. The fourth-order valence-electron chi connectivity index (χ4n) is 2.95. The minimum absolute atomic E-state index is 1.11. The van der Waals surface area contributed by atoms with E-state index < -0.39 is 72.4 Å². The molecule has 2 saturated heterocycles. The van der Waals surface area contributed by atoms with E-state index in [1.54, 1.807) is 0 Å². The van der Waals surface area contributed by atoms with Crippen LogP contribution in [0.5, 0.6) is 0 Å². The first-order chi connectivity index (χ1) is 10.7. The van der Waals surface area contributed by atoms with Crippen LogP contribution in [0.25, 0.3) is 0 Å². The van der Waals surface area contributed by atoms with Crippen molar-refractivity contribution >= 4 is 0 Å². The van der Waals surface area contributed by atoms with E-state index in [4.69, 9.17) is 0 Å². The minimum Gasteiger partial charge on any atom is -0.250 e. The summed E-state index contributed by atoms with van der Waals surface area (Å²) in [5.41, 5.74) is 0. The van der Waals surface area contributed by atoms with Crippen molar-refractivity contribution in [3.63, 3.8) is 0 Å². The third kappa shape index (κ3) is 2.53. The Labute approximate surface area is 126 Å². The largest absolute Gasteiger partial charge is 0.455 e. The van der Waals surface area contributed by atoms with Crippen LogP contribution in [0.1, 0.15) is 0 Å². The van der Waals surface area contributed by atoms with Gasteiger partial charge in [-0.15, -0.1) is 0 Å². The van der Waals surface area contributed by atoms with Gasteiger partial charge in [0.1, 0.15) is 6.04 Å². The molecule has 0 aliphatic carbocycles. The lowest BCUT2D eigenvalue weighted by Gasteiger charge is -2.54. The van der Waals surface area contributed by atoms with Crippen molar-refractivity contribution in [1.82, 2.24) is 4.90 Å². The molecule has 0 aromatic carbocycles. The highest BCUT2D eigenvalue weighted by Crippen LogP contribution is 2.50. The van der Waals surface area contributed by atoms with Gasteiger partial charge in [0.25, 0.3) is 0 Å². The molecule has 2 fully saturated rings. The van der Waals surface area contributed by atoms with Crippen molar-refractivity contribution in [3.8, 4) is 0 Å². The quantitative estimate of drug-likeness (QED) is 0.495. The van der Waals surface area contributed by atoms with E-state index in [-0.39, 0.29) is 0 Å². The fourth-order valence-corrected chi connectivity index (χ4v) is 2.95. The lowest BCUT2D eigenvalue weighted by atomic mass is 9.80. The van der Waals surface area contributed by atoms with Gasteiger partial charge < -0.3 is 0 Å². The molecule has 24 heavy (non-hydrogen) atoms. The van der Waals surface area contributed by atoms with Crippen molar-refractivity contribution in [2.24, 2.45) is 0 Å². The summed E-state index contributed by atoms with van der Waals surface area (Å²) in [5, 5.41) is 0. The highest BCUT2D eigenvalue weighted by molar-refractivity contribution is 5.14. The molecule has 0 radical (unpaired) electrons.